The maximum Gasteiger partial charge on any atom is 0.307 e. The van der Waals surface area contributed by atoms with E-state index < -0.39 is 5.97 Å². The second-order valence-electron chi connectivity index (χ2n) is 5.61. The van der Waals surface area contributed by atoms with Crippen molar-refractivity contribution < 1.29 is 9.90 Å². The van der Waals surface area contributed by atoms with Gasteiger partial charge in [-0.15, -0.1) is 11.8 Å². The fourth-order valence-electron chi connectivity index (χ4n) is 2.63. The van der Waals surface area contributed by atoms with E-state index in [0.29, 0.717) is 5.92 Å². The van der Waals surface area contributed by atoms with Gasteiger partial charge >= 0.3 is 5.97 Å². The summed E-state index contributed by atoms with van der Waals surface area (Å²) in [6, 6.07) is 8.58. The SMILES string of the molecule is CC(C)c1ccc(SC2CCCCC2C(=O)O)cc1. The molecule has 104 valence electrons. The van der Waals surface area contributed by atoms with Gasteiger partial charge in [0.2, 0.25) is 0 Å². The van der Waals surface area contributed by atoms with Gasteiger partial charge in [0.05, 0.1) is 5.92 Å². The van der Waals surface area contributed by atoms with Gasteiger partial charge in [0.15, 0.2) is 0 Å². The van der Waals surface area contributed by atoms with Crippen molar-refractivity contribution in [2.75, 3.05) is 0 Å². The lowest BCUT2D eigenvalue weighted by Crippen LogP contribution is -2.28. The van der Waals surface area contributed by atoms with Crippen LogP contribution in [0.1, 0.15) is 51.0 Å². The lowest BCUT2D eigenvalue weighted by atomic mass is 9.89. The predicted molar refractivity (Wildman–Crippen MR) is 79.8 cm³/mol. The highest BCUT2D eigenvalue weighted by Crippen LogP contribution is 2.37. The van der Waals surface area contributed by atoms with E-state index in [4.69, 9.17) is 0 Å². The molecule has 0 radical (unpaired) electrons. The van der Waals surface area contributed by atoms with Crippen molar-refractivity contribution in [1.82, 2.24) is 0 Å². The van der Waals surface area contributed by atoms with Crippen molar-refractivity contribution in [2.45, 2.75) is 55.6 Å². The van der Waals surface area contributed by atoms with E-state index in [0.717, 1.165) is 25.7 Å². The van der Waals surface area contributed by atoms with Crippen LogP contribution in [0.5, 0.6) is 0 Å². The number of rotatable bonds is 4. The van der Waals surface area contributed by atoms with Crippen molar-refractivity contribution in [1.29, 1.82) is 0 Å². The molecule has 1 aliphatic rings. The Bertz CT molecular complexity index is 425. The van der Waals surface area contributed by atoms with Gasteiger partial charge in [-0.1, -0.05) is 38.8 Å². The molecule has 1 aliphatic carbocycles. The summed E-state index contributed by atoms with van der Waals surface area (Å²) in [5.41, 5.74) is 1.34. The van der Waals surface area contributed by atoms with E-state index >= 15 is 0 Å². The molecule has 1 aromatic rings. The zero-order valence-electron chi connectivity index (χ0n) is 11.6. The molecule has 1 aromatic carbocycles. The lowest BCUT2D eigenvalue weighted by molar-refractivity contribution is -0.142. The van der Waals surface area contributed by atoms with Crippen LogP contribution in [0.3, 0.4) is 0 Å². The summed E-state index contributed by atoms with van der Waals surface area (Å²) in [4.78, 5) is 12.5. The largest absolute Gasteiger partial charge is 0.481 e. The molecule has 1 N–H and O–H groups in total. The fourth-order valence-corrected chi connectivity index (χ4v) is 3.97. The molecule has 0 bridgehead atoms. The second kappa shape index (κ2) is 6.47. The van der Waals surface area contributed by atoms with Crippen molar-refractivity contribution in [3.05, 3.63) is 29.8 Å². The van der Waals surface area contributed by atoms with E-state index in [2.05, 4.69) is 38.1 Å². The first-order chi connectivity index (χ1) is 9.08. The van der Waals surface area contributed by atoms with E-state index in [9.17, 15) is 9.90 Å². The minimum atomic E-state index is -0.629. The molecule has 2 unspecified atom stereocenters. The van der Waals surface area contributed by atoms with Crippen molar-refractivity contribution in [2.24, 2.45) is 5.92 Å². The summed E-state index contributed by atoms with van der Waals surface area (Å²) >= 11 is 1.74. The Balaban J connectivity index is 2.04. The van der Waals surface area contributed by atoms with Crippen LogP contribution in [-0.4, -0.2) is 16.3 Å². The second-order valence-corrected chi connectivity index (χ2v) is 6.92. The van der Waals surface area contributed by atoms with Gasteiger partial charge in [-0.25, -0.2) is 0 Å². The molecule has 2 atom stereocenters. The molecule has 0 spiro atoms. The topological polar surface area (TPSA) is 37.3 Å². The number of hydrogen-bond acceptors (Lipinski definition) is 2. The van der Waals surface area contributed by atoms with Crippen LogP contribution in [0, 0.1) is 5.92 Å². The standard InChI is InChI=1S/C16H22O2S/c1-11(2)12-7-9-13(10-8-12)19-15-6-4-3-5-14(15)16(17)18/h7-11,14-15H,3-6H2,1-2H3,(H,17,18). The molecule has 1 saturated carbocycles. The normalized spacial score (nSPS) is 23.5. The molecule has 2 nitrogen and oxygen atoms in total. The highest BCUT2D eigenvalue weighted by Gasteiger charge is 2.31. The maximum absolute atomic E-state index is 11.3. The average molecular weight is 278 g/mol. The molecule has 0 heterocycles. The van der Waals surface area contributed by atoms with Crippen LogP contribution in [0.2, 0.25) is 0 Å². The summed E-state index contributed by atoms with van der Waals surface area (Å²) in [5, 5.41) is 9.52. The maximum atomic E-state index is 11.3. The Kier molecular flexibility index (Phi) is 4.92. The number of carbonyl (C=O) groups is 1. The summed E-state index contributed by atoms with van der Waals surface area (Å²) in [5.74, 6) is -0.264. The van der Waals surface area contributed by atoms with Gasteiger partial charge in [0, 0.05) is 10.1 Å². The van der Waals surface area contributed by atoms with Gasteiger partial charge in [-0.05, 0) is 36.5 Å². The molecule has 1 fully saturated rings. The minimum absolute atomic E-state index is 0.177. The Morgan fingerprint density at radius 1 is 1.21 bits per heavy atom. The zero-order valence-corrected chi connectivity index (χ0v) is 12.5. The number of thioether (sulfide) groups is 1. The van der Waals surface area contributed by atoms with Gasteiger partial charge in [0.25, 0.3) is 0 Å². The quantitative estimate of drug-likeness (QED) is 0.878. The first-order valence-corrected chi connectivity index (χ1v) is 7.95. The van der Waals surface area contributed by atoms with Crippen LogP contribution in [0.15, 0.2) is 29.2 Å². The third-order valence-electron chi connectivity index (χ3n) is 3.85. The van der Waals surface area contributed by atoms with Crippen LogP contribution in [0.4, 0.5) is 0 Å². The van der Waals surface area contributed by atoms with Gasteiger partial charge in [0.1, 0.15) is 0 Å². The molecular formula is C16H22O2S. The third kappa shape index (κ3) is 3.75. The molecule has 2 rings (SSSR count). The monoisotopic (exact) mass is 278 g/mol. The van der Waals surface area contributed by atoms with Crippen molar-refractivity contribution in [3.8, 4) is 0 Å². The van der Waals surface area contributed by atoms with Gasteiger partial charge < -0.3 is 5.11 Å². The van der Waals surface area contributed by atoms with Crippen LogP contribution in [-0.2, 0) is 4.79 Å². The number of carboxylic acids is 1. The average Bonchev–Trinajstić information content (AvgIpc) is 2.39. The molecule has 3 heteroatoms. The van der Waals surface area contributed by atoms with Crippen molar-refractivity contribution >= 4 is 17.7 Å². The summed E-state index contributed by atoms with van der Waals surface area (Å²) < 4.78 is 0. The first-order valence-electron chi connectivity index (χ1n) is 7.07. The number of carboxylic acid groups (broad SMARTS) is 1. The predicted octanol–water partition coefficient (Wildman–Crippen LogP) is 4.55. The lowest BCUT2D eigenvalue weighted by Gasteiger charge is -2.28. The molecular weight excluding hydrogens is 256 g/mol. The van der Waals surface area contributed by atoms with Crippen LogP contribution >= 0.6 is 11.8 Å². The van der Waals surface area contributed by atoms with E-state index in [1.165, 1.54) is 10.5 Å². The third-order valence-corrected chi connectivity index (χ3v) is 5.27. The summed E-state index contributed by atoms with van der Waals surface area (Å²) in [6.45, 7) is 4.37. The van der Waals surface area contributed by atoms with Gasteiger partial charge in [-0.3, -0.25) is 4.79 Å². The number of benzene rings is 1. The van der Waals surface area contributed by atoms with Gasteiger partial charge in [-0.2, -0.15) is 0 Å². The van der Waals surface area contributed by atoms with E-state index in [1.54, 1.807) is 11.8 Å². The molecule has 0 aromatic heterocycles. The first kappa shape index (κ1) is 14.4. The number of aliphatic carboxylic acids is 1. The highest BCUT2D eigenvalue weighted by molar-refractivity contribution is 8.00. The molecule has 0 amide bonds. The minimum Gasteiger partial charge on any atom is -0.481 e. The fraction of sp³-hybridized carbons (Fsp3) is 0.562. The Labute approximate surface area is 119 Å². The molecule has 19 heavy (non-hydrogen) atoms. The smallest absolute Gasteiger partial charge is 0.307 e. The van der Waals surface area contributed by atoms with E-state index in [1.807, 2.05) is 0 Å². The van der Waals surface area contributed by atoms with E-state index in [-0.39, 0.29) is 11.2 Å². The number of hydrogen-bond donors (Lipinski definition) is 1. The van der Waals surface area contributed by atoms with Crippen LogP contribution < -0.4 is 0 Å². The Morgan fingerprint density at radius 3 is 2.42 bits per heavy atom. The highest BCUT2D eigenvalue weighted by atomic mass is 32.2. The molecule has 0 saturated heterocycles. The summed E-state index contributed by atoms with van der Waals surface area (Å²) in [7, 11) is 0. The molecule has 0 aliphatic heterocycles. The Hall–Kier alpha value is -0.960. The zero-order chi connectivity index (χ0) is 13.8. The summed E-state index contributed by atoms with van der Waals surface area (Å²) in [6.07, 6.45) is 4.07. The van der Waals surface area contributed by atoms with Crippen LogP contribution in [0.25, 0.3) is 0 Å². The van der Waals surface area contributed by atoms with Crippen molar-refractivity contribution in [3.63, 3.8) is 0 Å². The Morgan fingerprint density at radius 2 is 1.84 bits per heavy atom.